The van der Waals surface area contributed by atoms with Crippen molar-refractivity contribution < 1.29 is 28.2 Å². The van der Waals surface area contributed by atoms with Crippen LogP contribution in [0.1, 0.15) is 12.8 Å². The Morgan fingerprint density at radius 3 is 2.57 bits per heavy atom. The van der Waals surface area contributed by atoms with E-state index in [2.05, 4.69) is 10.1 Å². The fourth-order valence-corrected chi connectivity index (χ4v) is 2.18. The van der Waals surface area contributed by atoms with E-state index >= 15 is 0 Å². The summed E-state index contributed by atoms with van der Waals surface area (Å²) in [5.41, 5.74) is 0.373. The van der Waals surface area contributed by atoms with Gasteiger partial charge in [-0.25, -0.2) is 9.59 Å². The van der Waals surface area contributed by atoms with E-state index in [0.29, 0.717) is 25.1 Å². The van der Waals surface area contributed by atoms with Crippen LogP contribution in [0.25, 0.3) is 0 Å². The molecule has 2 amide bonds. The Morgan fingerprint density at radius 1 is 1.33 bits per heavy atom. The molecule has 1 saturated heterocycles. The summed E-state index contributed by atoms with van der Waals surface area (Å²) in [5, 5.41) is 11.5. The van der Waals surface area contributed by atoms with Crippen LogP contribution >= 0.6 is 0 Å². The maximum Gasteiger partial charge on any atom is 0.387 e. The molecule has 1 aromatic carbocycles. The summed E-state index contributed by atoms with van der Waals surface area (Å²) >= 11 is 0. The number of hydrogen-bond donors (Lipinski definition) is 2. The number of carbonyl (C=O) groups excluding carboxylic acids is 1. The zero-order valence-corrected chi connectivity index (χ0v) is 11.0. The lowest BCUT2D eigenvalue weighted by Crippen LogP contribution is -2.42. The number of carboxylic acids is 1. The molecule has 6 nitrogen and oxygen atoms in total. The normalized spacial score (nSPS) is 17.9. The number of urea groups is 1. The predicted octanol–water partition coefficient (Wildman–Crippen LogP) is 2.37. The maximum atomic E-state index is 12.0. The molecule has 1 aliphatic heterocycles. The highest BCUT2D eigenvalue weighted by Crippen LogP contribution is 2.21. The van der Waals surface area contributed by atoms with E-state index < -0.39 is 24.7 Å². The van der Waals surface area contributed by atoms with Gasteiger partial charge < -0.3 is 20.1 Å². The number of nitrogens with zero attached hydrogens (tertiary/aromatic N) is 1. The number of nitrogens with one attached hydrogen (secondary N) is 1. The van der Waals surface area contributed by atoms with Gasteiger partial charge >= 0.3 is 18.6 Å². The standard InChI is InChI=1S/C13H14F2N2O4/c14-12(15)21-9-5-3-8(4-6-9)16-13(20)17-7-1-2-10(17)11(18)19/h3-6,10,12H,1-2,7H2,(H,16,20)(H,18,19)/t10-/m1/s1. The van der Waals surface area contributed by atoms with E-state index in [4.69, 9.17) is 5.11 Å². The number of amides is 2. The molecular formula is C13H14F2N2O4. The maximum absolute atomic E-state index is 12.0. The van der Waals surface area contributed by atoms with Crippen LogP contribution in [0.2, 0.25) is 0 Å². The van der Waals surface area contributed by atoms with Gasteiger partial charge in [-0.05, 0) is 37.1 Å². The van der Waals surface area contributed by atoms with Crippen LogP contribution in [0.3, 0.4) is 0 Å². The molecule has 21 heavy (non-hydrogen) atoms. The molecule has 0 unspecified atom stereocenters. The topological polar surface area (TPSA) is 78.9 Å². The monoisotopic (exact) mass is 300 g/mol. The van der Waals surface area contributed by atoms with E-state index in [1.54, 1.807) is 0 Å². The lowest BCUT2D eigenvalue weighted by Gasteiger charge is -2.21. The molecule has 1 aliphatic rings. The van der Waals surface area contributed by atoms with Crippen molar-refractivity contribution in [2.24, 2.45) is 0 Å². The highest BCUT2D eigenvalue weighted by molar-refractivity contribution is 5.92. The number of aliphatic carboxylic acids is 1. The molecular weight excluding hydrogens is 286 g/mol. The molecule has 0 bridgehead atoms. The van der Waals surface area contributed by atoms with Gasteiger partial charge in [-0.15, -0.1) is 0 Å². The molecule has 1 heterocycles. The number of halogens is 2. The van der Waals surface area contributed by atoms with Crippen molar-refractivity contribution in [3.63, 3.8) is 0 Å². The summed E-state index contributed by atoms with van der Waals surface area (Å²) < 4.78 is 28.2. The molecule has 0 aliphatic carbocycles. The number of carbonyl (C=O) groups is 2. The van der Waals surface area contributed by atoms with Gasteiger partial charge in [0.2, 0.25) is 0 Å². The average Bonchev–Trinajstić information content (AvgIpc) is 2.90. The van der Waals surface area contributed by atoms with Crippen molar-refractivity contribution in [1.82, 2.24) is 4.90 Å². The van der Waals surface area contributed by atoms with Crippen molar-refractivity contribution in [3.8, 4) is 5.75 Å². The van der Waals surface area contributed by atoms with Crippen molar-refractivity contribution in [2.45, 2.75) is 25.5 Å². The van der Waals surface area contributed by atoms with Gasteiger partial charge in [0.25, 0.3) is 0 Å². The Kier molecular flexibility index (Phi) is 4.56. The number of alkyl halides is 2. The largest absolute Gasteiger partial charge is 0.480 e. The summed E-state index contributed by atoms with van der Waals surface area (Å²) in [6, 6.07) is 4.04. The third-order valence-electron chi connectivity index (χ3n) is 3.13. The van der Waals surface area contributed by atoms with Crippen LogP contribution in [0.5, 0.6) is 5.75 Å². The number of benzene rings is 1. The first-order chi connectivity index (χ1) is 9.97. The Balaban J connectivity index is 1.97. The average molecular weight is 300 g/mol. The van der Waals surface area contributed by atoms with Gasteiger partial charge in [0.15, 0.2) is 0 Å². The summed E-state index contributed by atoms with van der Waals surface area (Å²) in [4.78, 5) is 24.2. The Hall–Kier alpha value is -2.38. The number of likely N-dealkylation sites (tertiary alicyclic amines) is 1. The van der Waals surface area contributed by atoms with Crippen molar-refractivity contribution in [2.75, 3.05) is 11.9 Å². The number of rotatable bonds is 4. The predicted molar refractivity (Wildman–Crippen MR) is 69.5 cm³/mol. The molecule has 1 aromatic rings. The van der Waals surface area contributed by atoms with Crippen LogP contribution in [0.4, 0.5) is 19.3 Å². The molecule has 8 heteroatoms. The van der Waals surface area contributed by atoms with E-state index in [9.17, 15) is 18.4 Å². The van der Waals surface area contributed by atoms with Crippen LogP contribution in [-0.2, 0) is 4.79 Å². The molecule has 1 atom stereocenters. The lowest BCUT2D eigenvalue weighted by molar-refractivity contribution is -0.141. The highest BCUT2D eigenvalue weighted by atomic mass is 19.3. The minimum atomic E-state index is -2.91. The van der Waals surface area contributed by atoms with E-state index in [1.165, 1.54) is 29.2 Å². The number of hydrogen-bond acceptors (Lipinski definition) is 3. The number of carboxylic acid groups (broad SMARTS) is 1. The minimum Gasteiger partial charge on any atom is -0.480 e. The summed E-state index contributed by atoms with van der Waals surface area (Å²) in [6.45, 7) is -2.54. The summed E-state index contributed by atoms with van der Waals surface area (Å²) in [7, 11) is 0. The van der Waals surface area contributed by atoms with Crippen molar-refractivity contribution >= 4 is 17.7 Å². The smallest absolute Gasteiger partial charge is 0.387 e. The van der Waals surface area contributed by atoms with Gasteiger partial charge in [-0.2, -0.15) is 8.78 Å². The second-order valence-corrected chi connectivity index (χ2v) is 4.52. The molecule has 0 spiro atoms. The Morgan fingerprint density at radius 2 is 2.00 bits per heavy atom. The van der Waals surface area contributed by atoms with Gasteiger partial charge in [-0.3, -0.25) is 0 Å². The number of ether oxygens (including phenoxy) is 1. The SMILES string of the molecule is O=C(O)[C@H]1CCCN1C(=O)Nc1ccc(OC(F)F)cc1. The zero-order valence-electron chi connectivity index (χ0n) is 11.0. The van der Waals surface area contributed by atoms with Crippen LogP contribution < -0.4 is 10.1 Å². The molecule has 2 rings (SSSR count). The van der Waals surface area contributed by atoms with E-state index in [-0.39, 0.29) is 5.75 Å². The van der Waals surface area contributed by atoms with E-state index in [0.717, 1.165) is 0 Å². The third-order valence-corrected chi connectivity index (χ3v) is 3.13. The summed E-state index contributed by atoms with van der Waals surface area (Å²) in [6.07, 6.45) is 1.05. The zero-order chi connectivity index (χ0) is 15.4. The molecule has 0 saturated carbocycles. The minimum absolute atomic E-state index is 0.0208. The quantitative estimate of drug-likeness (QED) is 0.894. The molecule has 2 N–H and O–H groups in total. The Labute approximate surface area is 119 Å². The van der Waals surface area contributed by atoms with Crippen LogP contribution in [0.15, 0.2) is 24.3 Å². The van der Waals surface area contributed by atoms with Crippen LogP contribution in [-0.4, -0.2) is 41.2 Å². The van der Waals surface area contributed by atoms with Gasteiger partial charge in [0, 0.05) is 12.2 Å². The second-order valence-electron chi connectivity index (χ2n) is 4.52. The second kappa shape index (κ2) is 6.38. The van der Waals surface area contributed by atoms with Crippen molar-refractivity contribution in [3.05, 3.63) is 24.3 Å². The molecule has 1 fully saturated rings. The van der Waals surface area contributed by atoms with Gasteiger partial charge in [0.05, 0.1) is 0 Å². The highest BCUT2D eigenvalue weighted by Gasteiger charge is 2.33. The first-order valence-corrected chi connectivity index (χ1v) is 6.32. The lowest BCUT2D eigenvalue weighted by atomic mass is 10.2. The third kappa shape index (κ3) is 3.80. The first kappa shape index (κ1) is 15.0. The first-order valence-electron chi connectivity index (χ1n) is 6.32. The number of anilines is 1. The molecule has 114 valence electrons. The van der Waals surface area contributed by atoms with E-state index in [1.807, 2.05) is 0 Å². The molecule has 0 aromatic heterocycles. The fraction of sp³-hybridized carbons (Fsp3) is 0.385. The van der Waals surface area contributed by atoms with Crippen LogP contribution in [0, 0.1) is 0 Å². The summed E-state index contributed by atoms with van der Waals surface area (Å²) in [5.74, 6) is -1.06. The fourth-order valence-electron chi connectivity index (χ4n) is 2.18. The van der Waals surface area contributed by atoms with Gasteiger partial charge in [-0.1, -0.05) is 0 Å². The van der Waals surface area contributed by atoms with Crippen molar-refractivity contribution in [1.29, 1.82) is 0 Å². The molecule has 0 radical (unpaired) electrons. The van der Waals surface area contributed by atoms with Gasteiger partial charge in [0.1, 0.15) is 11.8 Å². The Bertz CT molecular complexity index is 521.